The van der Waals surface area contributed by atoms with E-state index in [2.05, 4.69) is 66.3 Å². The predicted molar refractivity (Wildman–Crippen MR) is 90.6 cm³/mol. The van der Waals surface area contributed by atoms with E-state index in [1.807, 2.05) is 0 Å². The lowest BCUT2D eigenvalue weighted by Crippen LogP contribution is -2.53. The summed E-state index contributed by atoms with van der Waals surface area (Å²) >= 11 is 0. The largest absolute Gasteiger partial charge is 0.312 e. The number of piperazine rings is 1. The summed E-state index contributed by atoms with van der Waals surface area (Å²) in [6, 6.07) is 11.9. The van der Waals surface area contributed by atoms with Gasteiger partial charge >= 0.3 is 0 Å². The second kappa shape index (κ2) is 8.52. The molecule has 1 aromatic carbocycles. The zero-order chi connectivity index (χ0) is 15.1. The molecule has 0 bridgehead atoms. The molecule has 21 heavy (non-hydrogen) atoms. The smallest absolute Gasteiger partial charge is 0.0475 e. The summed E-state index contributed by atoms with van der Waals surface area (Å²) in [5.41, 5.74) is 1.41. The molecule has 3 nitrogen and oxygen atoms in total. The molecule has 2 atom stereocenters. The number of likely N-dealkylation sites (N-methyl/N-ethyl adjacent to an activating group) is 1. The first-order valence-corrected chi connectivity index (χ1v) is 8.48. The number of benzene rings is 1. The highest BCUT2D eigenvalue weighted by atomic mass is 15.3. The van der Waals surface area contributed by atoms with E-state index in [9.17, 15) is 0 Å². The van der Waals surface area contributed by atoms with Crippen LogP contribution in [0.4, 0.5) is 0 Å². The van der Waals surface area contributed by atoms with Crippen LogP contribution in [-0.2, 0) is 0 Å². The fourth-order valence-electron chi connectivity index (χ4n) is 3.58. The minimum absolute atomic E-state index is 0.425. The van der Waals surface area contributed by atoms with Crippen LogP contribution in [0.1, 0.15) is 38.3 Å². The molecule has 0 aliphatic carbocycles. The van der Waals surface area contributed by atoms with Crippen molar-refractivity contribution in [3.8, 4) is 0 Å². The van der Waals surface area contributed by atoms with Gasteiger partial charge in [0.25, 0.3) is 0 Å². The zero-order valence-electron chi connectivity index (χ0n) is 13.9. The summed E-state index contributed by atoms with van der Waals surface area (Å²) in [5.74, 6) is 0. The Bertz CT molecular complexity index is 385. The Morgan fingerprint density at radius 1 is 1.05 bits per heavy atom. The van der Waals surface area contributed by atoms with Crippen LogP contribution in [0, 0.1) is 0 Å². The fraction of sp³-hybridized carbons (Fsp3) is 0.667. The quantitative estimate of drug-likeness (QED) is 0.833. The third-order valence-electron chi connectivity index (χ3n) is 4.69. The van der Waals surface area contributed by atoms with Gasteiger partial charge in [0.2, 0.25) is 0 Å². The molecule has 1 aromatic rings. The highest BCUT2D eigenvalue weighted by Crippen LogP contribution is 2.24. The molecule has 1 N–H and O–H groups in total. The van der Waals surface area contributed by atoms with E-state index in [1.54, 1.807) is 0 Å². The summed E-state index contributed by atoms with van der Waals surface area (Å²) in [6.45, 7) is 10.7. The third-order valence-corrected chi connectivity index (χ3v) is 4.69. The molecule has 1 saturated heterocycles. The average molecular weight is 289 g/mol. The molecule has 1 heterocycles. The van der Waals surface area contributed by atoms with Gasteiger partial charge in [0.1, 0.15) is 0 Å². The molecule has 2 unspecified atom stereocenters. The monoisotopic (exact) mass is 289 g/mol. The Labute approximate surface area is 130 Å². The molecule has 0 radical (unpaired) electrons. The second-order valence-electron chi connectivity index (χ2n) is 6.03. The summed E-state index contributed by atoms with van der Waals surface area (Å²) < 4.78 is 0. The van der Waals surface area contributed by atoms with Gasteiger partial charge in [0.15, 0.2) is 0 Å². The van der Waals surface area contributed by atoms with Crippen LogP contribution in [0.25, 0.3) is 0 Å². The van der Waals surface area contributed by atoms with E-state index in [1.165, 1.54) is 51.1 Å². The van der Waals surface area contributed by atoms with E-state index >= 15 is 0 Å². The molecule has 0 saturated carbocycles. The van der Waals surface area contributed by atoms with E-state index < -0.39 is 0 Å². The number of nitrogens with one attached hydrogen (secondary N) is 1. The van der Waals surface area contributed by atoms with Gasteiger partial charge in [-0.25, -0.2) is 0 Å². The topological polar surface area (TPSA) is 18.5 Å². The normalized spacial score (nSPS) is 20.3. The molecule has 0 aromatic heterocycles. The first kappa shape index (κ1) is 16.5. The van der Waals surface area contributed by atoms with Crippen molar-refractivity contribution >= 4 is 0 Å². The van der Waals surface area contributed by atoms with Crippen molar-refractivity contribution < 1.29 is 0 Å². The molecule has 1 aliphatic heterocycles. The maximum atomic E-state index is 3.55. The van der Waals surface area contributed by atoms with E-state index in [0.717, 1.165) is 0 Å². The number of hydrogen-bond donors (Lipinski definition) is 1. The molecule has 118 valence electrons. The minimum atomic E-state index is 0.425. The van der Waals surface area contributed by atoms with E-state index in [-0.39, 0.29) is 0 Å². The molecule has 1 aliphatic rings. The van der Waals surface area contributed by atoms with Gasteiger partial charge in [0.05, 0.1) is 0 Å². The highest BCUT2D eigenvalue weighted by Gasteiger charge is 2.28. The van der Waals surface area contributed by atoms with Crippen molar-refractivity contribution in [1.82, 2.24) is 15.1 Å². The Hall–Kier alpha value is -0.900. The molecular weight excluding hydrogens is 258 g/mol. The van der Waals surface area contributed by atoms with Gasteiger partial charge in [-0.2, -0.15) is 0 Å². The lowest BCUT2D eigenvalue weighted by atomic mass is 9.95. The molecule has 3 heteroatoms. The lowest BCUT2D eigenvalue weighted by molar-refractivity contribution is 0.0773. The standard InChI is InChI=1S/C18H31N3/c1-4-11-20-12-14-21(15-13-20)17(5-2)18(19-3)16-9-7-6-8-10-16/h6-10,17-19H,4-5,11-15H2,1-3H3. The summed E-state index contributed by atoms with van der Waals surface area (Å²) in [6.07, 6.45) is 2.45. The van der Waals surface area contributed by atoms with Crippen molar-refractivity contribution in [2.45, 2.75) is 38.8 Å². The third kappa shape index (κ3) is 4.29. The Kier molecular flexibility index (Phi) is 6.68. The summed E-state index contributed by atoms with van der Waals surface area (Å²) in [5, 5.41) is 3.55. The van der Waals surface area contributed by atoms with Crippen LogP contribution in [0.3, 0.4) is 0 Å². The molecule has 2 rings (SSSR count). The van der Waals surface area contributed by atoms with Crippen LogP contribution in [0.2, 0.25) is 0 Å². The maximum Gasteiger partial charge on any atom is 0.0475 e. The van der Waals surface area contributed by atoms with Gasteiger partial charge in [-0.05, 0) is 32.0 Å². The Morgan fingerprint density at radius 2 is 1.71 bits per heavy atom. The average Bonchev–Trinajstić information content (AvgIpc) is 2.54. The molecular formula is C18H31N3. The van der Waals surface area contributed by atoms with Crippen LogP contribution >= 0.6 is 0 Å². The number of hydrogen-bond acceptors (Lipinski definition) is 3. The van der Waals surface area contributed by atoms with Gasteiger partial charge in [-0.3, -0.25) is 4.90 Å². The number of rotatable bonds is 7. The number of nitrogens with zero attached hydrogens (tertiary/aromatic N) is 2. The van der Waals surface area contributed by atoms with Crippen LogP contribution in [0.5, 0.6) is 0 Å². The zero-order valence-corrected chi connectivity index (χ0v) is 13.9. The summed E-state index contributed by atoms with van der Waals surface area (Å²) in [7, 11) is 2.09. The first-order chi connectivity index (χ1) is 10.3. The van der Waals surface area contributed by atoms with Gasteiger partial charge < -0.3 is 10.2 Å². The Balaban J connectivity index is 2.02. The van der Waals surface area contributed by atoms with Crippen LogP contribution < -0.4 is 5.32 Å². The van der Waals surface area contributed by atoms with Gasteiger partial charge in [0, 0.05) is 38.3 Å². The van der Waals surface area contributed by atoms with E-state index in [4.69, 9.17) is 0 Å². The van der Waals surface area contributed by atoms with Crippen LogP contribution in [0.15, 0.2) is 30.3 Å². The SMILES string of the molecule is CCCN1CCN(C(CC)C(NC)c2ccccc2)CC1. The van der Waals surface area contributed by atoms with Crippen LogP contribution in [-0.4, -0.2) is 55.6 Å². The molecule has 1 fully saturated rings. The van der Waals surface area contributed by atoms with Crippen molar-refractivity contribution in [2.24, 2.45) is 0 Å². The first-order valence-electron chi connectivity index (χ1n) is 8.48. The minimum Gasteiger partial charge on any atom is -0.312 e. The lowest BCUT2D eigenvalue weighted by Gasteiger charge is -2.42. The second-order valence-corrected chi connectivity index (χ2v) is 6.03. The molecule has 0 spiro atoms. The van der Waals surface area contributed by atoms with Gasteiger partial charge in [-0.1, -0.05) is 44.2 Å². The maximum absolute atomic E-state index is 3.55. The van der Waals surface area contributed by atoms with E-state index in [0.29, 0.717) is 12.1 Å². The van der Waals surface area contributed by atoms with Crippen molar-refractivity contribution in [2.75, 3.05) is 39.8 Å². The van der Waals surface area contributed by atoms with Crippen molar-refractivity contribution in [3.63, 3.8) is 0 Å². The van der Waals surface area contributed by atoms with Crippen molar-refractivity contribution in [1.29, 1.82) is 0 Å². The molecule has 0 amide bonds. The Morgan fingerprint density at radius 3 is 2.24 bits per heavy atom. The van der Waals surface area contributed by atoms with Gasteiger partial charge in [-0.15, -0.1) is 0 Å². The predicted octanol–water partition coefficient (Wildman–Crippen LogP) is 2.75. The summed E-state index contributed by atoms with van der Waals surface area (Å²) in [4.78, 5) is 5.28. The van der Waals surface area contributed by atoms with Crippen molar-refractivity contribution in [3.05, 3.63) is 35.9 Å². The highest BCUT2D eigenvalue weighted by molar-refractivity contribution is 5.20. The fourth-order valence-corrected chi connectivity index (χ4v) is 3.58.